The van der Waals surface area contributed by atoms with Gasteiger partial charge in [0, 0.05) is 4.88 Å². The molecule has 3 N–H and O–H groups in total. The van der Waals surface area contributed by atoms with E-state index in [1.165, 1.54) is 16.2 Å². The van der Waals surface area contributed by atoms with Crippen LogP contribution in [0.25, 0.3) is 10.2 Å². The number of primary amides is 1. The molecule has 2 heterocycles. The van der Waals surface area contributed by atoms with Crippen molar-refractivity contribution in [3.05, 3.63) is 45.3 Å². The maximum absolute atomic E-state index is 12.8. The normalized spacial score (nSPS) is 14.4. The first kappa shape index (κ1) is 19.0. The summed E-state index contributed by atoms with van der Waals surface area (Å²) in [5.41, 5.74) is 8.07. The number of para-hydroxylation sites is 1. The van der Waals surface area contributed by atoms with E-state index in [0.29, 0.717) is 17.1 Å². The van der Waals surface area contributed by atoms with E-state index in [0.717, 1.165) is 40.1 Å². The smallest absolute Gasteiger partial charge is 0.251 e. The lowest BCUT2D eigenvalue weighted by Crippen LogP contribution is -2.39. The minimum absolute atomic E-state index is 0.147. The summed E-state index contributed by atoms with van der Waals surface area (Å²) in [6, 6.07) is 7.64. The lowest BCUT2D eigenvalue weighted by molar-refractivity contribution is -0.120. The first-order valence-electron chi connectivity index (χ1n) is 9.24. The van der Waals surface area contributed by atoms with Gasteiger partial charge < -0.3 is 11.1 Å². The fourth-order valence-electron chi connectivity index (χ4n) is 3.51. The number of carbonyl (C=O) groups excluding carboxylic acids is 2. The van der Waals surface area contributed by atoms with Gasteiger partial charge >= 0.3 is 0 Å². The van der Waals surface area contributed by atoms with Crippen LogP contribution in [0.1, 0.15) is 39.2 Å². The molecule has 8 heteroatoms. The van der Waals surface area contributed by atoms with E-state index in [9.17, 15) is 9.59 Å². The molecule has 2 amide bonds. The van der Waals surface area contributed by atoms with Crippen molar-refractivity contribution in [2.75, 3.05) is 12.4 Å². The lowest BCUT2D eigenvalue weighted by atomic mass is 10.1. The molecule has 1 atom stereocenters. The largest absolute Gasteiger partial charge is 0.365 e. The Balaban J connectivity index is 1.46. The van der Waals surface area contributed by atoms with E-state index >= 15 is 0 Å². The number of thiazole rings is 1. The molecule has 1 aliphatic rings. The van der Waals surface area contributed by atoms with Crippen molar-refractivity contribution in [3.63, 3.8) is 0 Å². The summed E-state index contributed by atoms with van der Waals surface area (Å²) < 4.78 is 1.14. The highest BCUT2D eigenvalue weighted by atomic mass is 32.1. The minimum Gasteiger partial charge on any atom is -0.365 e. The van der Waals surface area contributed by atoms with Gasteiger partial charge in [-0.25, -0.2) is 4.98 Å². The Morgan fingerprint density at radius 1 is 1.29 bits per heavy atom. The van der Waals surface area contributed by atoms with Crippen LogP contribution in [0.2, 0.25) is 0 Å². The number of nitrogens with one attached hydrogen (secondary N) is 1. The Morgan fingerprint density at radius 3 is 2.82 bits per heavy atom. The highest BCUT2D eigenvalue weighted by Crippen LogP contribution is 2.39. The number of hydrogen-bond donors (Lipinski definition) is 2. The van der Waals surface area contributed by atoms with E-state index in [4.69, 9.17) is 5.73 Å². The molecule has 0 saturated heterocycles. The van der Waals surface area contributed by atoms with E-state index in [1.54, 1.807) is 11.3 Å². The molecule has 28 heavy (non-hydrogen) atoms. The zero-order valence-electron chi connectivity index (χ0n) is 15.8. The predicted octanol–water partition coefficient (Wildman–Crippen LogP) is 3.40. The van der Waals surface area contributed by atoms with Crippen LogP contribution in [0.3, 0.4) is 0 Å². The first-order chi connectivity index (χ1) is 13.4. The van der Waals surface area contributed by atoms with E-state index < -0.39 is 5.91 Å². The van der Waals surface area contributed by atoms with Crippen molar-refractivity contribution in [1.29, 1.82) is 0 Å². The topological polar surface area (TPSA) is 88.3 Å². The van der Waals surface area contributed by atoms with Crippen molar-refractivity contribution in [2.45, 2.75) is 38.8 Å². The molecule has 0 saturated carbocycles. The number of nitrogens with zero attached hydrogens (tertiary/aromatic N) is 2. The molecule has 0 unspecified atom stereocenters. The van der Waals surface area contributed by atoms with E-state index in [-0.39, 0.29) is 11.9 Å². The molecule has 3 aromatic rings. The maximum atomic E-state index is 12.8. The number of aromatic nitrogens is 1. The number of thiophene rings is 1. The van der Waals surface area contributed by atoms with Gasteiger partial charge in [-0.05, 0) is 50.9 Å². The number of benzene rings is 1. The lowest BCUT2D eigenvalue weighted by Gasteiger charge is -2.22. The summed E-state index contributed by atoms with van der Waals surface area (Å²) in [5.74, 6) is -0.615. The van der Waals surface area contributed by atoms with Gasteiger partial charge in [0.1, 0.15) is 10.0 Å². The SMILES string of the molecule is C[C@H](C(=O)Nc1sc2c(c1C(N)=O)CCC2)N(C)Cc1nc2ccccc2s1. The van der Waals surface area contributed by atoms with Gasteiger partial charge in [-0.1, -0.05) is 12.1 Å². The third kappa shape index (κ3) is 3.55. The Hall–Kier alpha value is -2.29. The number of fused-ring (bicyclic) bond motifs is 2. The maximum Gasteiger partial charge on any atom is 0.251 e. The number of rotatable bonds is 6. The number of nitrogens with two attached hydrogens (primary N) is 1. The highest BCUT2D eigenvalue weighted by molar-refractivity contribution is 7.18. The predicted molar refractivity (Wildman–Crippen MR) is 114 cm³/mol. The van der Waals surface area contributed by atoms with Gasteiger partial charge in [0.25, 0.3) is 5.91 Å². The van der Waals surface area contributed by atoms with Crippen LogP contribution < -0.4 is 11.1 Å². The van der Waals surface area contributed by atoms with Gasteiger partial charge in [0.05, 0.1) is 28.4 Å². The minimum atomic E-state index is -0.467. The zero-order chi connectivity index (χ0) is 19.8. The summed E-state index contributed by atoms with van der Waals surface area (Å²) in [4.78, 5) is 32.5. The number of carbonyl (C=O) groups is 2. The van der Waals surface area contributed by atoms with Crippen molar-refractivity contribution < 1.29 is 9.59 Å². The Labute approximate surface area is 171 Å². The van der Waals surface area contributed by atoms with Crippen LogP contribution in [0, 0.1) is 0 Å². The molecule has 0 bridgehead atoms. The molecule has 146 valence electrons. The van der Waals surface area contributed by atoms with Crippen molar-refractivity contribution in [1.82, 2.24) is 9.88 Å². The second-order valence-electron chi connectivity index (χ2n) is 7.08. The van der Waals surface area contributed by atoms with Crippen molar-refractivity contribution >= 4 is 49.7 Å². The van der Waals surface area contributed by atoms with Gasteiger partial charge in [0.15, 0.2) is 0 Å². The third-order valence-electron chi connectivity index (χ3n) is 5.17. The Kier molecular flexibility index (Phi) is 5.18. The molecule has 0 spiro atoms. The summed E-state index contributed by atoms with van der Waals surface area (Å²) in [7, 11) is 1.90. The van der Waals surface area contributed by atoms with Crippen molar-refractivity contribution in [3.8, 4) is 0 Å². The van der Waals surface area contributed by atoms with Gasteiger partial charge in [-0.3, -0.25) is 14.5 Å². The van der Waals surface area contributed by atoms with Crippen LogP contribution in [-0.2, 0) is 24.2 Å². The molecule has 6 nitrogen and oxygen atoms in total. The van der Waals surface area contributed by atoms with E-state index in [2.05, 4.69) is 10.3 Å². The second kappa shape index (κ2) is 7.62. The van der Waals surface area contributed by atoms with E-state index in [1.807, 2.05) is 43.1 Å². The van der Waals surface area contributed by atoms with Crippen LogP contribution in [0.4, 0.5) is 5.00 Å². The van der Waals surface area contributed by atoms with Crippen LogP contribution in [0.5, 0.6) is 0 Å². The van der Waals surface area contributed by atoms with Gasteiger partial charge in [-0.2, -0.15) is 0 Å². The number of anilines is 1. The molecular formula is C20H22N4O2S2. The summed E-state index contributed by atoms with van der Waals surface area (Å²) >= 11 is 3.12. The average Bonchev–Trinajstić information content (AvgIpc) is 3.33. The van der Waals surface area contributed by atoms with Crippen LogP contribution >= 0.6 is 22.7 Å². The van der Waals surface area contributed by atoms with Gasteiger partial charge in [0.2, 0.25) is 5.91 Å². The molecule has 1 aromatic carbocycles. The zero-order valence-corrected chi connectivity index (χ0v) is 17.5. The number of hydrogen-bond acceptors (Lipinski definition) is 6. The van der Waals surface area contributed by atoms with Crippen LogP contribution in [-0.4, -0.2) is 34.8 Å². The molecule has 0 aliphatic heterocycles. The summed E-state index contributed by atoms with van der Waals surface area (Å²) in [5, 5.41) is 4.49. The number of aryl methyl sites for hydroxylation is 1. The quantitative estimate of drug-likeness (QED) is 0.647. The monoisotopic (exact) mass is 414 g/mol. The van der Waals surface area contributed by atoms with Crippen LogP contribution in [0.15, 0.2) is 24.3 Å². The number of likely N-dealkylation sites (N-methyl/N-ethyl adjacent to an activating group) is 1. The fraction of sp³-hybridized carbons (Fsp3) is 0.350. The van der Waals surface area contributed by atoms with Crippen molar-refractivity contribution in [2.24, 2.45) is 5.73 Å². The third-order valence-corrected chi connectivity index (χ3v) is 7.40. The molecule has 0 radical (unpaired) electrons. The molecule has 1 aliphatic carbocycles. The molecule has 2 aromatic heterocycles. The molecule has 4 rings (SSSR count). The average molecular weight is 415 g/mol. The Morgan fingerprint density at radius 2 is 2.07 bits per heavy atom. The Bertz CT molecular complexity index is 1020. The second-order valence-corrected chi connectivity index (χ2v) is 9.30. The molecular weight excluding hydrogens is 392 g/mol. The fourth-order valence-corrected chi connectivity index (χ4v) is 5.84. The highest BCUT2D eigenvalue weighted by Gasteiger charge is 2.28. The first-order valence-corrected chi connectivity index (χ1v) is 10.9. The summed E-state index contributed by atoms with van der Waals surface area (Å²) in [6.45, 7) is 2.44. The standard InChI is InChI=1S/C20H22N4O2S2/c1-11(24(2)10-16-22-13-7-3-4-8-15(13)27-16)19(26)23-20-17(18(21)25)12-6-5-9-14(12)28-20/h3-4,7-8,11H,5-6,9-10H2,1-2H3,(H2,21,25)(H,23,26)/t11-/m1/s1. The number of amides is 2. The molecule has 0 fully saturated rings. The summed E-state index contributed by atoms with van der Waals surface area (Å²) in [6.07, 6.45) is 2.84. The van der Waals surface area contributed by atoms with Gasteiger partial charge in [-0.15, -0.1) is 22.7 Å².